The van der Waals surface area contributed by atoms with Crippen molar-refractivity contribution in [2.45, 2.75) is 11.3 Å². The summed E-state index contributed by atoms with van der Waals surface area (Å²) in [7, 11) is -3.58. The van der Waals surface area contributed by atoms with Gasteiger partial charge in [0, 0.05) is 30.4 Å². The van der Waals surface area contributed by atoms with Crippen molar-refractivity contribution < 1.29 is 13.2 Å². The van der Waals surface area contributed by atoms with Gasteiger partial charge in [-0.25, -0.2) is 8.42 Å². The number of carbonyl (C=O) groups excluding carboxylic acids is 1. The van der Waals surface area contributed by atoms with E-state index in [1.165, 1.54) is 6.07 Å². The number of pyridine rings is 1. The quantitative estimate of drug-likeness (QED) is 0.824. The van der Waals surface area contributed by atoms with Gasteiger partial charge in [-0.05, 0) is 24.3 Å². The summed E-state index contributed by atoms with van der Waals surface area (Å²) in [5.41, 5.74) is 1.38. The van der Waals surface area contributed by atoms with Gasteiger partial charge in [-0.15, -0.1) is 0 Å². The van der Waals surface area contributed by atoms with Crippen LogP contribution in [0.2, 0.25) is 0 Å². The molecule has 0 radical (unpaired) electrons. The number of hydrogen-bond acceptors (Lipinski definition) is 5. The molecule has 7 nitrogen and oxygen atoms in total. The van der Waals surface area contributed by atoms with Gasteiger partial charge in [0.1, 0.15) is 12.4 Å². The highest BCUT2D eigenvalue weighted by Gasteiger charge is 2.30. The Morgan fingerprint density at radius 1 is 1.17 bits per heavy atom. The molecule has 1 amide bonds. The lowest BCUT2D eigenvalue weighted by Crippen LogP contribution is -2.29. The summed E-state index contributed by atoms with van der Waals surface area (Å²) in [5, 5.41) is 2.74. The molecule has 124 valence electrons. The molecule has 0 fully saturated rings. The summed E-state index contributed by atoms with van der Waals surface area (Å²) in [4.78, 5) is 20.3. The summed E-state index contributed by atoms with van der Waals surface area (Å²) >= 11 is 0. The van der Waals surface area contributed by atoms with Crippen molar-refractivity contribution in [3.8, 4) is 0 Å². The SMILES string of the molecule is O=C(CN=C1NS(=O)(=O)c2ccccc21)NCCc1ccccn1. The molecule has 3 rings (SSSR count). The second kappa shape index (κ2) is 6.79. The molecule has 0 saturated carbocycles. The zero-order valence-electron chi connectivity index (χ0n) is 12.8. The average Bonchev–Trinajstić information content (AvgIpc) is 2.85. The van der Waals surface area contributed by atoms with Crippen LogP contribution in [-0.4, -0.2) is 38.2 Å². The maximum atomic E-state index is 11.9. The second-order valence-corrected chi connectivity index (χ2v) is 6.84. The molecule has 0 spiro atoms. The second-order valence-electron chi connectivity index (χ2n) is 5.19. The molecule has 0 aliphatic carbocycles. The minimum Gasteiger partial charge on any atom is -0.354 e. The Kier molecular flexibility index (Phi) is 4.57. The minimum absolute atomic E-state index is 0.144. The molecule has 0 saturated heterocycles. The highest BCUT2D eigenvalue weighted by molar-refractivity contribution is 7.90. The van der Waals surface area contributed by atoms with E-state index in [0.717, 1.165) is 5.69 Å². The lowest BCUT2D eigenvalue weighted by molar-refractivity contribution is -0.119. The Morgan fingerprint density at radius 2 is 1.96 bits per heavy atom. The third kappa shape index (κ3) is 3.60. The fourth-order valence-corrected chi connectivity index (χ4v) is 3.59. The predicted molar refractivity (Wildman–Crippen MR) is 89.1 cm³/mol. The average molecular weight is 344 g/mol. The summed E-state index contributed by atoms with van der Waals surface area (Å²) in [5.74, 6) is -0.0764. The van der Waals surface area contributed by atoms with Crippen molar-refractivity contribution in [1.82, 2.24) is 15.0 Å². The topological polar surface area (TPSA) is 101 Å². The van der Waals surface area contributed by atoms with Gasteiger partial charge in [0.05, 0.1) is 4.90 Å². The van der Waals surface area contributed by atoms with Crippen LogP contribution in [-0.2, 0) is 21.2 Å². The molecule has 0 bridgehead atoms. The standard InChI is InChI=1S/C16H16N4O3S/c21-15(18-10-8-12-5-3-4-9-17-12)11-19-16-13-6-1-2-7-14(13)24(22,23)20-16/h1-7,9H,8,10-11H2,(H,18,21)(H,19,20). The van der Waals surface area contributed by atoms with Gasteiger partial charge in [0.25, 0.3) is 10.0 Å². The van der Waals surface area contributed by atoms with Gasteiger partial charge in [0.15, 0.2) is 0 Å². The van der Waals surface area contributed by atoms with Crippen LogP contribution in [0.15, 0.2) is 58.5 Å². The molecule has 8 heteroatoms. The van der Waals surface area contributed by atoms with E-state index in [4.69, 9.17) is 0 Å². The number of amidine groups is 1. The van der Waals surface area contributed by atoms with Gasteiger partial charge in [-0.3, -0.25) is 19.5 Å². The predicted octanol–water partition coefficient (Wildman–Crippen LogP) is 0.479. The number of nitrogens with one attached hydrogen (secondary N) is 2. The lowest BCUT2D eigenvalue weighted by Gasteiger charge is -2.03. The molecular formula is C16H16N4O3S. The fraction of sp³-hybridized carbons (Fsp3) is 0.188. The van der Waals surface area contributed by atoms with E-state index in [-0.39, 0.29) is 23.2 Å². The number of nitrogens with zero attached hydrogens (tertiary/aromatic N) is 2. The molecule has 1 aromatic carbocycles. The Balaban J connectivity index is 1.57. The van der Waals surface area contributed by atoms with E-state index in [2.05, 4.69) is 20.0 Å². The van der Waals surface area contributed by atoms with Crippen LogP contribution in [0, 0.1) is 0 Å². The number of aromatic nitrogens is 1. The Labute approximate surface area is 139 Å². The first kappa shape index (κ1) is 16.1. The number of sulfonamides is 1. The Morgan fingerprint density at radius 3 is 2.75 bits per heavy atom. The van der Waals surface area contributed by atoms with Crippen molar-refractivity contribution in [2.75, 3.05) is 13.1 Å². The van der Waals surface area contributed by atoms with E-state index in [1.54, 1.807) is 24.4 Å². The number of rotatable bonds is 5. The molecule has 0 unspecified atom stereocenters. The fourth-order valence-electron chi connectivity index (χ4n) is 2.33. The molecule has 2 aromatic rings. The van der Waals surface area contributed by atoms with E-state index in [0.29, 0.717) is 18.5 Å². The number of benzene rings is 1. The van der Waals surface area contributed by atoms with Crippen LogP contribution in [0.1, 0.15) is 11.3 Å². The largest absolute Gasteiger partial charge is 0.354 e. The Bertz CT molecular complexity index is 879. The first-order chi connectivity index (χ1) is 11.6. The maximum Gasteiger partial charge on any atom is 0.263 e. The zero-order valence-corrected chi connectivity index (χ0v) is 13.6. The van der Waals surface area contributed by atoms with Crippen LogP contribution in [0.5, 0.6) is 0 Å². The molecule has 1 aliphatic heterocycles. The first-order valence-corrected chi connectivity index (χ1v) is 8.88. The minimum atomic E-state index is -3.58. The van der Waals surface area contributed by atoms with Gasteiger partial charge < -0.3 is 5.32 Å². The van der Waals surface area contributed by atoms with Gasteiger partial charge in [-0.1, -0.05) is 18.2 Å². The van der Waals surface area contributed by atoms with Gasteiger partial charge in [-0.2, -0.15) is 0 Å². The first-order valence-electron chi connectivity index (χ1n) is 7.39. The molecular weight excluding hydrogens is 328 g/mol. The van der Waals surface area contributed by atoms with E-state index in [1.807, 2.05) is 18.2 Å². The van der Waals surface area contributed by atoms with E-state index < -0.39 is 10.0 Å². The normalized spacial score (nSPS) is 16.4. The summed E-state index contributed by atoms with van der Waals surface area (Å²) in [6.45, 7) is 0.303. The molecule has 2 heterocycles. The van der Waals surface area contributed by atoms with Crippen molar-refractivity contribution >= 4 is 21.8 Å². The van der Waals surface area contributed by atoms with Crippen LogP contribution in [0.4, 0.5) is 0 Å². The van der Waals surface area contributed by atoms with Crippen molar-refractivity contribution in [2.24, 2.45) is 4.99 Å². The number of hydrogen-bond donors (Lipinski definition) is 2. The molecule has 0 atom stereocenters. The third-order valence-corrected chi connectivity index (χ3v) is 4.87. The summed E-state index contributed by atoms with van der Waals surface area (Å²) in [6.07, 6.45) is 2.32. The maximum absolute atomic E-state index is 11.9. The van der Waals surface area contributed by atoms with Crippen LogP contribution in [0.25, 0.3) is 0 Å². The summed E-state index contributed by atoms with van der Waals surface area (Å²) < 4.78 is 26.2. The molecule has 1 aromatic heterocycles. The highest BCUT2D eigenvalue weighted by atomic mass is 32.2. The smallest absolute Gasteiger partial charge is 0.263 e. The molecule has 1 aliphatic rings. The van der Waals surface area contributed by atoms with Crippen LogP contribution in [0.3, 0.4) is 0 Å². The van der Waals surface area contributed by atoms with Crippen molar-refractivity contribution in [1.29, 1.82) is 0 Å². The van der Waals surface area contributed by atoms with E-state index >= 15 is 0 Å². The van der Waals surface area contributed by atoms with Gasteiger partial charge >= 0.3 is 0 Å². The number of aliphatic imine (C=N–C) groups is 1. The number of carbonyl (C=O) groups is 1. The zero-order chi connectivity index (χ0) is 17.0. The number of fused-ring (bicyclic) bond motifs is 1. The van der Waals surface area contributed by atoms with E-state index in [9.17, 15) is 13.2 Å². The Hall–Kier alpha value is -2.74. The van der Waals surface area contributed by atoms with Crippen molar-refractivity contribution in [3.05, 3.63) is 59.9 Å². The third-order valence-electron chi connectivity index (χ3n) is 3.47. The van der Waals surface area contributed by atoms with Crippen LogP contribution < -0.4 is 10.0 Å². The van der Waals surface area contributed by atoms with Crippen LogP contribution >= 0.6 is 0 Å². The monoisotopic (exact) mass is 344 g/mol. The molecule has 24 heavy (non-hydrogen) atoms. The van der Waals surface area contributed by atoms with Crippen molar-refractivity contribution in [3.63, 3.8) is 0 Å². The number of amides is 1. The molecule has 2 N–H and O–H groups in total. The summed E-state index contributed by atoms with van der Waals surface area (Å²) in [6, 6.07) is 12.1. The van der Waals surface area contributed by atoms with Gasteiger partial charge in [0.2, 0.25) is 5.91 Å². The highest BCUT2D eigenvalue weighted by Crippen LogP contribution is 2.21. The lowest BCUT2D eigenvalue weighted by atomic mass is 10.2.